The zero-order valence-electron chi connectivity index (χ0n) is 11.2. The van der Waals surface area contributed by atoms with Gasteiger partial charge in [0, 0.05) is 11.4 Å². The molecule has 20 heavy (non-hydrogen) atoms. The Morgan fingerprint density at radius 2 is 1.90 bits per heavy atom. The lowest BCUT2D eigenvalue weighted by Crippen LogP contribution is -2.26. The molecule has 0 saturated carbocycles. The molecule has 0 saturated heterocycles. The van der Waals surface area contributed by atoms with Crippen molar-refractivity contribution in [2.45, 2.75) is 20.3 Å². The molecule has 0 aliphatic heterocycles. The fraction of sp³-hybridized carbons (Fsp3) is 0.200. The summed E-state index contributed by atoms with van der Waals surface area (Å²) in [5, 5.41) is 9.36. The lowest BCUT2D eigenvalue weighted by molar-refractivity contribution is 0.0694. The third-order valence-corrected chi connectivity index (χ3v) is 3.63. The van der Waals surface area contributed by atoms with Crippen LogP contribution in [0.5, 0.6) is 0 Å². The topological polar surface area (TPSA) is 59.3 Å². The number of carboxylic acid groups (broad SMARTS) is 1. The molecule has 0 spiro atoms. The summed E-state index contributed by atoms with van der Waals surface area (Å²) in [6.45, 7) is 3.40. The van der Waals surface area contributed by atoms with Crippen molar-refractivity contribution in [1.29, 1.82) is 0 Å². The molecule has 1 aromatic carbocycles. The minimum absolute atomic E-state index is 0.0284. The highest BCUT2D eigenvalue weighted by molar-refractivity contribution is 6.31. The number of benzene rings is 1. The van der Waals surface area contributed by atoms with Crippen LogP contribution in [0.3, 0.4) is 0 Å². The van der Waals surface area contributed by atoms with Crippen molar-refractivity contribution in [3.05, 3.63) is 62.5 Å². The number of carboxylic acids is 1. The molecule has 5 heteroatoms. The van der Waals surface area contributed by atoms with E-state index in [1.165, 1.54) is 4.57 Å². The van der Waals surface area contributed by atoms with Crippen molar-refractivity contribution in [3.63, 3.8) is 0 Å². The first kappa shape index (κ1) is 14.3. The molecule has 1 N–H and O–H groups in total. The summed E-state index contributed by atoms with van der Waals surface area (Å²) in [4.78, 5) is 23.9. The molecule has 0 fully saturated rings. The Morgan fingerprint density at radius 3 is 2.40 bits per heavy atom. The van der Waals surface area contributed by atoms with Gasteiger partial charge in [0.25, 0.3) is 5.56 Å². The summed E-state index contributed by atoms with van der Waals surface area (Å²) in [7, 11) is 0. The van der Waals surface area contributed by atoms with Crippen LogP contribution in [0.25, 0.3) is 5.69 Å². The van der Waals surface area contributed by atoms with Crippen LogP contribution < -0.4 is 5.56 Å². The maximum atomic E-state index is 12.4. The molecule has 0 amide bonds. The van der Waals surface area contributed by atoms with Gasteiger partial charge in [-0.2, -0.15) is 0 Å². The molecule has 1 heterocycles. The first-order valence-electron chi connectivity index (χ1n) is 6.21. The van der Waals surface area contributed by atoms with E-state index in [0.29, 0.717) is 23.4 Å². The minimum Gasteiger partial charge on any atom is -0.478 e. The van der Waals surface area contributed by atoms with E-state index in [2.05, 4.69) is 0 Å². The Balaban J connectivity index is 2.91. The van der Waals surface area contributed by atoms with Gasteiger partial charge in [-0.15, -0.1) is 0 Å². The average Bonchev–Trinajstić information content (AvgIpc) is 2.43. The molecular formula is C15H14ClNO3. The number of carbonyl (C=O) groups is 1. The minimum atomic E-state index is -1.08. The molecule has 0 bridgehead atoms. The van der Waals surface area contributed by atoms with Crippen LogP contribution in [0.15, 0.2) is 35.1 Å². The standard InChI is InChI=1S/C15H14ClNO3/c1-3-11-12(15(19)20)9(2)17(14(18)13(11)16)10-7-5-4-6-8-10/h4-8H,3H2,1-2H3,(H,19,20). The van der Waals surface area contributed by atoms with Gasteiger partial charge < -0.3 is 5.11 Å². The average molecular weight is 292 g/mol. The van der Waals surface area contributed by atoms with Crippen molar-refractivity contribution in [2.24, 2.45) is 0 Å². The third kappa shape index (κ3) is 2.23. The second kappa shape index (κ2) is 5.51. The zero-order chi connectivity index (χ0) is 14.9. The maximum Gasteiger partial charge on any atom is 0.337 e. The third-order valence-electron chi connectivity index (χ3n) is 3.24. The van der Waals surface area contributed by atoms with Gasteiger partial charge in [-0.05, 0) is 31.0 Å². The first-order valence-corrected chi connectivity index (χ1v) is 6.59. The number of nitrogens with zero attached hydrogens (tertiary/aromatic N) is 1. The van der Waals surface area contributed by atoms with E-state index < -0.39 is 11.5 Å². The molecule has 0 aliphatic rings. The van der Waals surface area contributed by atoms with E-state index in [-0.39, 0.29) is 10.6 Å². The number of para-hydroxylation sites is 1. The fourth-order valence-electron chi connectivity index (χ4n) is 2.32. The van der Waals surface area contributed by atoms with Crippen LogP contribution in [-0.2, 0) is 6.42 Å². The lowest BCUT2D eigenvalue weighted by Gasteiger charge is -2.16. The normalized spacial score (nSPS) is 10.6. The Hall–Kier alpha value is -2.07. The Kier molecular flexibility index (Phi) is 3.95. The molecule has 0 radical (unpaired) electrons. The molecule has 1 aromatic heterocycles. The van der Waals surface area contributed by atoms with Crippen LogP contribution >= 0.6 is 11.6 Å². The molecule has 2 aromatic rings. The molecule has 104 valence electrons. The molecule has 2 rings (SSSR count). The van der Waals surface area contributed by atoms with E-state index in [4.69, 9.17) is 11.6 Å². The summed E-state index contributed by atoms with van der Waals surface area (Å²) in [5.41, 5.74) is 1.07. The van der Waals surface area contributed by atoms with Gasteiger partial charge in [0.2, 0.25) is 0 Å². The molecule has 0 aliphatic carbocycles. The highest BCUT2D eigenvalue weighted by Crippen LogP contribution is 2.23. The largest absolute Gasteiger partial charge is 0.478 e. The van der Waals surface area contributed by atoms with Crippen molar-refractivity contribution in [2.75, 3.05) is 0 Å². The number of rotatable bonds is 3. The van der Waals surface area contributed by atoms with Gasteiger partial charge in [-0.3, -0.25) is 9.36 Å². The smallest absolute Gasteiger partial charge is 0.337 e. The predicted molar refractivity (Wildman–Crippen MR) is 78.1 cm³/mol. The Labute approximate surface area is 121 Å². The highest BCUT2D eigenvalue weighted by atomic mass is 35.5. The predicted octanol–water partition coefficient (Wildman–Crippen LogP) is 3.06. The quantitative estimate of drug-likeness (QED) is 0.945. The summed E-state index contributed by atoms with van der Waals surface area (Å²) in [6.07, 6.45) is 0.395. The number of hydrogen-bond donors (Lipinski definition) is 1. The zero-order valence-corrected chi connectivity index (χ0v) is 11.9. The Bertz CT molecular complexity index is 720. The van der Waals surface area contributed by atoms with Gasteiger partial charge in [0.1, 0.15) is 5.02 Å². The second-order valence-corrected chi connectivity index (χ2v) is 4.77. The van der Waals surface area contributed by atoms with Crippen LogP contribution in [-0.4, -0.2) is 15.6 Å². The molecular weight excluding hydrogens is 278 g/mol. The van der Waals surface area contributed by atoms with Crippen LogP contribution in [0.1, 0.15) is 28.5 Å². The molecule has 4 nitrogen and oxygen atoms in total. The van der Waals surface area contributed by atoms with E-state index >= 15 is 0 Å². The Morgan fingerprint density at radius 1 is 1.30 bits per heavy atom. The maximum absolute atomic E-state index is 12.4. The molecule has 0 unspecified atom stereocenters. The lowest BCUT2D eigenvalue weighted by atomic mass is 10.0. The molecule has 0 atom stereocenters. The van der Waals surface area contributed by atoms with Crippen molar-refractivity contribution < 1.29 is 9.90 Å². The van der Waals surface area contributed by atoms with E-state index in [9.17, 15) is 14.7 Å². The van der Waals surface area contributed by atoms with Crippen LogP contribution in [0.2, 0.25) is 5.02 Å². The van der Waals surface area contributed by atoms with Crippen LogP contribution in [0, 0.1) is 6.92 Å². The summed E-state index contributed by atoms with van der Waals surface area (Å²) >= 11 is 6.07. The first-order chi connectivity index (χ1) is 9.49. The number of pyridine rings is 1. The fourth-order valence-corrected chi connectivity index (χ4v) is 2.64. The second-order valence-electron chi connectivity index (χ2n) is 4.39. The van der Waals surface area contributed by atoms with E-state index in [1.54, 1.807) is 38.1 Å². The highest BCUT2D eigenvalue weighted by Gasteiger charge is 2.22. The van der Waals surface area contributed by atoms with Gasteiger partial charge in [0.05, 0.1) is 5.56 Å². The van der Waals surface area contributed by atoms with E-state index in [1.807, 2.05) is 6.07 Å². The number of aromatic nitrogens is 1. The monoisotopic (exact) mass is 291 g/mol. The van der Waals surface area contributed by atoms with Gasteiger partial charge in [0.15, 0.2) is 0 Å². The number of halogens is 1. The number of aromatic carboxylic acids is 1. The van der Waals surface area contributed by atoms with Crippen molar-refractivity contribution >= 4 is 17.6 Å². The van der Waals surface area contributed by atoms with Gasteiger partial charge in [-0.1, -0.05) is 36.7 Å². The number of hydrogen-bond acceptors (Lipinski definition) is 2. The van der Waals surface area contributed by atoms with Crippen molar-refractivity contribution in [3.8, 4) is 5.69 Å². The summed E-state index contributed by atoms with van der Waals surface area (Å²) < 4.78 is 1.34. The summed E-state index contributed by atoms with van der Waals surface area (Å²) in [6, 6.07) is 8.86. The van der Waals surface area contributed by atoms with Crippen LogP contribution in [0.4, 0.5) is 0 Å². The SMILES string of the molecule is CCc1c(C(=O)O)c(C)n(-c2ccccc2)c(=O)c1Cl. The van der Waals surface area contributed by atoms with Gasteiger partial charge >= 0.3 is 5.97 Å². The van der Waals surface area contributed by atoms with E-state index in [0.717, 1.165) is 0 Å². The van der Waals surface area contributed by atoms with Gasteiger partial charge in [-0.25, -0.2) is 4.79 Å². The summed E-state index contributed by atoms with van der Waals surface area (Å²) in [5.74, 6) is -1.08. The van der Waals surface area contributed by atoms with Crippen molar-refractivity contribution in [1.82, 2.24) is 4.57 Å².